The Bertz CT molecular complexity index is 1580. The third kappa shape index (κ3) is 5.09. The number of hydrogen-bond acceptors (Lipinski definition) is 8. The number of aliphatic imine (C=N–C) groups is 1. The van der Waals surface area contributed by atoms with Gasteiger partial charge >= 0.3 is 0 Å². The molecule has 2 atom stereocenters. The van der Waals surface area contributed by atoms with Crippen LogP contribution in [0.2, 0.25) is 5.02 Å². The van der Waals surface area contributed by atoms with Crippen molar-refractivity contribution < 1.29 is 4.79 Å². The molecule has 0 saturated carbocycles. The number of pyridine rings is 1. The molecular formula is C28H27ClN8OS. The van der Waals surface area contributed by atoms with Gasteiger partial charge in [0.25, 0.3) is 0 Å². The first-order chi connectivity index (χ1) is 19.0. The van der Waals surface area contributed by atoms with Gasteiger partial charge in [-0.1, -0.05) is 35.5 Å². The molecule has 1 N–H and O–H groups in total. The summed E-state index contributed by atoms with van der Waals surface area (Å²) in [6.45, 7) is 2.63. The quantitative estimate of drug-likeness (QED) is 0.339. The van der Waals surface area contributed by atoms with E-state index in [1.807, 2.05) is 56.2 Å². The summed E-state index contributed by atoms with van der Waals surface area (Å²) in [6, 6.07) is 9.80. The van der Waals surface area contributed by atoms with Crippen LogP contribution in [0.1, 0.15) is 43.5 Å². The smallest absolute Gasteiger partial charge is 0.227 e. The van der Waals surface area contributed by atoms with Crippen LogP contribution in [-0.2, 0) is 11.8 Å². The Morgan fingerprint density at radius 2 is 2.05 bits per heavy atom. The number of halogens is 1. The lowest BCUT2D eigenvalue weighted by molar-refractivity contribution is -0.119. The van der Waals surface area contributed by atoms with Gasteiger partial charge < -0.3 is 10.2 Å². The third-order valence-corrected chi connectivity index (χ3v) is 8.03. The van der Waals surface area contributed by atoms with E-state index in [9.17, 15) is 4.79 Å². The lowest BCUT2D eigenvalue weighted by Crippen LogP contribution is -2.31. The summed E-state index contributed by atoms with van der Waals surface area (Å²) in [5.74, 6) is -0.109. The third-order valence-electron chi connectivity index (χ3n) is 7.29. The van der Waals surface area contributed by atoms with E-state index >= 15 is 0 Å². The topological polar surface area (TPSA) is 101 Å². The van der Waals surface area contributed by atoms with Crippen LogP contribution >= 0.6 is 23.1 Å². The fourth-order valence-corrected chi connectivity index (χ4v) is 5.81. The van der Waals surface area contributed by atoms with Gasteiger partial charge in [0, 0.05) is 52.8 Å². The molecule has 2 bridgehead atoms. The minimum atomic E-state index is -0.118. The normalized spacial score (nSPS) is 19.5. The highest BCUT2D eigenvalue weighted by molar-refractivity contribution is 7.03. The highest BCUT2D eigenvalue weighted by Crippen LogP contribution is 2.36. The summed E-state index contributed by atoms with van der Waals surface area (Å²) in [6.07, 6.45) is 10.0. The molecule has 0 saturated heterocycles. The first-order valence-electron chi connectivity index (χ1n) is 12.8. The summed E-state index contributed by atoms with van der Waals surface area (Å²) in [4.78, 5) is 24.8. The number of benzene rings is 1. The number of anilines is 1. The molecule has 2 aliphatic heterocycles. The maximum absolute atomic E-state index is 12.9. The summed E-state index contributed by atoms with van der Waals surface area (Å²) in [7, 11) is 1.88. The zero-order valence-electron chi connectivity index (χ0n) is 21.6. The van der Waals surface area contributed by atoms with Crippen LogP contribution in [0, 0.1) is 5.92 Å². The fraction of sp³-hybridized carbons (Fsp3) is 0.286. The monoisotopic (exact) mass is 558 g/mol. The second-order valence-corrected chi connectivity index (χ2v) is 10.9. The molecule has 1 amide bonds. The number of nitrogens with zero attached hydrogens (tertiary/aromatic N) is 7. The number of carbonyl (C=O) groups excluding carboxylic acids is 1. The lowest BCUT2D eigenvalue weighted by atomic mass is 9.96. The molecule has 3 aromatic heterocycles. The van der Waals surface area contributed by atoms with Crippen molar-refractivity contribution >= 4 is 46.8 Å². The maximum Gasteiger partial charge on any atom is 0.227 e. The number of rotatable bonds is 3. The highest BCUT2D eigenvalue weighted by Gasteiger charge is 2.26. The van der Waals surface area contributed by atoms with Crippen LogP contribution in [0.15, 0.2) is 59.2 Å². The second-order valence-electron chi connectivity index (χ2n) is 9.85. The van der Waals surface area contributed by atoms with Gasteiger partial charge in [-0.3, -0.25) is 14.5 Å². The number of aryl methyl sites for hydroxylation is 1. The van der Waals surface area contributed by atoms with Crippen molar-refractivity contribution in [3.63, 3.8) is 0 Å². The van der Waals surface area contributed by atoms with Crippen molar-refractivity contribution in [3.05, 3.63) is 70.5 Å². The van der Waals surface area contributed by atoms with Gasteiger partial charge in [-0.25, -0.2) is 4.99 Å². The SMILES string of the molecule is CC1CCCC(N2C=NC(c3cc(Cl)ccc3-c3csnn3)=CC2)c2cc(ccn2)-c2c(cnn2C)NC1=O. The Labute approximate surface area is 235 Å². The molecule has 1 aromatic carbocycles. The van der Waals surface area contributed by atoms with E-state index in [-0.39, 0.29) is 17.9 Å². The zero-order valence-corrected chi connectivity index (χ0v) is 23.2. The van der Waals surface area contributed by atoms with Crippen molar-refractivity contribution in [1.82, 2.24) is 29.3 Å². The summed E-state index contributed by atoms with van der Waals surface area (Å²) in [5.41, 5.74) is 7.01. The van der Waals surface area contributed by atoms with E-state index in [1.54, 1.807) is 10.9 Å². The number of hydrogen-bond donors (Lipinski definition) is 1. The Kier molecular flexibility index (Phi) is 6.97. The van der Waals surface area contributed by atoms with Crippen LogP contribution in [0.3, 0.4) is 0 Å². The standard InChI is InChI=1S/C28H27ClN8OS/c1-17-4-3-5-26(23-12-18(8-10-30-23)27-24(33-28(17)38)14-32-36(27)2)37-11-9-22(31-16-37)21-13-19(29)6-7-20(21)25-15-39-35-34-25/h6-10,12-17,26H,3-5,11H2,1-2H3,(H,33,38). The molecule has 0 fully saturated rings. The van der Waals surface area contributed by atoms with Crippen molar-refractivity contribution in [2.45, 2.75) is 32.2 Å². The number of amides is 1. The molecule has 0 spiro atoms. The van der Waals surface area contributed by atoms with Gasteiger partial charge in [0.1, 0.15) is 5.69 Å². The van der Waals surface area contributed by atoms with Crippen LogP contribution in [0.5, 0.6) is 0 Å². The number of carbonyl (C=O) groups is 1. The highest BCUT2D eigenvalue weighted by atomic mass is 35.5. The lowest BCUT2D eigenvalue weighted by Gasteiger charge is -2.32. The van der Waals surface area contributed by atoms with Crippen molar-refractivity contribution in [1.29, 1.82) is 0 Å². The van der Waals surface area contributed by atoms with E-state index in [4.69, 9.17) is 21.6 Å². The number of aromatic nitrogens is 5. The molecule has 9 nitrogen and oxygen atoms in total. The van der Waals surface area contributed by atoms with Crippen molar-refractivity contribution in [3.8, 4) is 22.5 Å². The van der Waals surface area contributed by atoms with E-state index in [2.05, 4.69) is 37.0 Å². The van der Waals surface area contributed by atoms with E-state index in [0.29, 0.717) is 17.3 Å². The zero-order chi connectivity index (χ0) is 26.9. The van der Waals surface area contributed by atoms with Gasteiger partial charge in [-0.2, -0.15) is 5.10 Å². The molecule has 4 aromatic rings. The average molecular weight is 559 g/mol. The molecule has 0 aliphatic carbocycles. The first-order valence-corrected chi connectivity index (χ1v) is 14.1. The Morgan fingerprint density at radius 3 is 2.85 bits per heavy atom. The van der Waals surface area contributed by atoms with Gasteiger partial charge in [0.05, 0.1) is 41.3 Å². The predicted molar refractivity (Wildman–Crippen MR) is 154 cm³/mol. The molecule has 198 valence electrons. The molecule has 0 radical (unpaired) electrons. The van der Waals surface area contributed by atoms with Crippen LogP contribution in [-0.4, -0.2) is 48.0 Å². The van der Waals surface area contributed by atoms with Crippen LogP contribution in [0.4, 0.5) is 5.69 Å². The Balaban J connectivity index is 1.33. The Morgan fingerprint density at radius 1 is 1.15 bits per heavy atom. The van der Waals surface area contributed by atoms with Crippen molar-refractivity contribution in [2.24, 2.45) is 18.0 Å². The van der Waals surface area contributed by atoms with Crippen LogP contribution < -0.4 is 5.32 Å². The number of nitrogens with one attached hydrogen (secondary N) is 1. The van der Waals surface area contributed by atoms with E-state index < -0.39 is 0 Å². The van der Waals surface area contributed by atoms with E-state index in [1.165, 1.54) is 11.5 Å². The molecular weight excluding hydrogens is 532 g/mol. The van der Waals surface area contributed by atoms with Gasteiger partial charge in [0.15, 0.2) is 0 Å². The molecule has 2 aliphatic rings. The van der Waals surface area contributed by atoms with Gasteiger partial charge in [-0.05, 0) is 54.7 Å². The largest absolute Gasteiger partial charge is 0.350 e. The molecule has 2 unspecified atom stereocenters. The van der Waals surface area contributed by atoms with Crippen LogP contribution in [0.25, 0.3) is 28.2 Å². The Hall–Kier alpha value is -3.89. The summed E-state index contributed by atoms with van der Waals surface area (Å²) in [5, 5.41) is 14.3. The fourth-order valence-electron chi connectivity index (χ4n) is 5.19. The second kappa shape index (κ2) is 10.7. The minimum Gasteiger partial charge on any atom is -0.350 e. The molecule has 6 rings (SSSR count). The van der Waals surface area contributed by atoms with Gasteiger partial charge in [-0.15, -0.1) is 5.10 Å². The van der Waals surface area contributed by atoms with Gasteiger partial charge in [0.2, 0.25) is 5.91 Å². The molecule has 39 heavy (non-hydrogen) atoms. The summed E-state index contributed by atoms with van der Waals surface area (Å²) >= 11 is 7.68. The molecule has 11 heteroatoms. The average Bonchev–Trinajstić information content (AvgIpc) is 3.61. The number of fused-ring (bicyclic) bond motifs is 4. The predicted octanol–water partition coefficient (Wildman–Crippen LogP) is 5.84. The van der Waals surface area contributed by atoms with Crippen molar-refractivity contribution in [2.75, 3.05) is 11.9 Å². The minimum absolute atomic E-state index is 0.000521. The summed E-state index contributed by atoms with van der Waals surface area (Å²) < 4.78 is 5.81. The molecule has 5 heterocycles. The maximum atomic E-state index is 12.9. The first kappa shape index (κ1) is 25.4. The van der Waals surface area contributed by atoms with E-state index in [0.717, 1.165) is 58.7 Å².